The van der Waals surface area contributed by atoms with Gasteiger partial charge in [0.25, 0.3) is 5.91 Å². The Balaban J connectivity index is 1.63. The first-order valence-corrected chi connectivity index (χ1v) is 8.89. The van der Waals surface area contributed by atoms with Crippen LogP contribution in [0, 0.1) is 0 Å². The van der Waals surface area contributed by atoms with Crippen LogP contribution in [0.5, 0.6) is 0 Å². The number of benzene rings is 2. The molecule has 3 amide bonds. The van der Waals surface area contributed by atoms with Gasteiger partial charge in [0.2, 0.25) is 11.8 Å². The van der Waals surface area contributed by atoms with Crippen molar-refractivity contribution < 1.29 is 14.4 Å². The molecule has 1 saturated heterocycles. The molecule has 0 bridgehead atoms. The van der Waals surface area contributed by atoms with E-state index in [9.17, 15) is 14.4 Å². The molecule has 26 heavy (non-hydrogen) atoms. The summed E-state index contributed by atoms with van der Waals surface area (Å²) in [6, 6.07) is 16.7. The smallest absolute Gasteiger partial charge is 0.251 e. The first kappa shape index (κ1) is 17.9. The molecule has 2 aromatic rings. The minimum Gasteiger partial charge on any atom is -0.351 e. The van der Waals surface area contributed by atoms with Gasteiger partial charge in [-0.15, -0.1) is 0 Å². The molecule has 134 valence electrons. The lowest BCUT2D eigenvalue weighted by molar-refractivity contribution is -0.121. The van der Waals surface area contributed by atoms with E-state index in [2.05, 4.69) is 24.4 Å². The van der Waals surface area contributed by atoms with Crippen LogP contribution in [0.15, 0.2) is 54.6 Å². The maximum Gasteiger partial charge on any atom is 0.251 e. The number of imide groups is 1. The van der Waals surface area contributed by atoms with Gasteiger partial charge in [-0.25, -0.2) is 0 Å². The molecule has 1 fully saturated rings. The quantitative estimate of drug-likeness (QED) is 0.813. The number of carbonyl (C=O) groups excluding carboxylic acids is 3. The molecule has 5 nitrogen and oxygen atoms in total. The molecule has 1 unspecified atom stereocenters. The molecule has 0 spiro atoms. The number of nitrogens with one attached hydrogen (secondary N) is 1. The van der Waals surface area contributed by atoms with Crippen LogP contribution in [-0.2, 0) is 9.59 Å². The second kappa shape index (κ2) is 7.95. The normalized spacial score (nSPS) is 15.2. The molecule has 0 aliphatic carbocycles. The molecular weight excluding hydrogens is 328 g/mol. The van der Waals surface area contributed by atoms with Crippen molar-refractivity contribution in [3.63, 3.8) is 0 Å². The van der Waals surface area contributed by atoms with Gasteiger partial charge in [0.05, 0.1) is 5.69 Å². The molecule has 2 aromatic carbocycles. The Hall–Kier alpha value is -2.95. The highest BCUT2D eigenvalue weighted by molar-refractivity contribution is 6.19. The zero-order valence-corrected chi connectivity index (χ0v) is 14.8. The SMILES string of the molecule is CCC(CNC(=O)c1ccc(N2C(=O)CCC2=O)cc1)c1ccccc1. The molecule has 1 aliphatic rings. The molecule has 3 rings (SSSR count). The van der Waals surface area contributed by atoms with Gasteiger partial charge in [-0.1, -0.05) is 37.3 Å². The van der Waals surface area contributed by atoms with Crippen LogP contribution >= 0.6 is 0 Å². The van der Waals surface area contributed by atoms with E-state index in [0.717, 1.165) is 6.42 Å². The third kappa shape index (κ3) is 3.82. The molecule has 5 heteroatoms. The summed E-state index contributed by atoms with van der Waals surface area (Å²) in [7, 11) is 0. The summed E-state index contributed by atoms with van der Waals surface area (Å²) >= 11 is 0. The number of amides is 3. The van der Waals surface area contributed by atoms with Gasteiger partial charge >= 0.3 is 0 Å². The highest BCUT2D eigenvalue weighted by Gasteiger charge is 2.30. The van der Waals surface area contributed by atoms with Crippen molar-refractivity contribution in [3.8, 4) is 0 Å². The first-order chi connectivity index (χ1) is 12.6. The van der Waals surface area contributed by atoms with Crippen molar-refractivity contribution in [2.45, 2.75) is 32.1 Å². The fourth-order valence-corrected chi connectivity index (χ4v) is 3.17. The van der Waals surface area contributed by atoms with E-state index in [0.29, 0.717) is 17.8 Å². The zero-order chi connectivity index (χ0) is 18.5. The van der Waals surface area contributed by atoms with Crippen LogP contribution in [0.4, 0.5) is 5.69 Å². The molecular formula is C21H22N2O3. The topological polar surface area (TPSA) is 66.5 Å². The minimum atomic E-state index is -0.194. The third-order valence-electron chi connectivity index (χ3n) is 4.71. The average molecular weight is 350 g/mol. The van der Waals surface area contributed by atoms with E-state index in [1.165, 1.54) is 10.5 Å². The van der Waals surface area contributed by atoms with Crippen molar-refractivity contribution in [2.24, 2.45) is 0 Å². The second-order valence-electron chi connectivity index (χ2n) is 6.40. The van der Waals surface area contributed by atoms with Crippen molar-refractivity contribution >= 4 is 23.4 Å². The summed E-state index contributed by atoms with van der Waals surface area (Å²) in [6.45, 7) is 2.66. The Kier molecular flexibility index (Phi) is 5.46. The lowest BCUT2D eigenvalue weighted by atomic mass is 9.96. The minimum absolute atomic E-state index is 0.162. The summed E-state index contributed by atoms with van der Waals surface area (Å²) in [5.41, 5.74) is 2.23. The number of carbonyl (C=O) groups is 3. The number of hydrogen-bond donors (Lipinski definition) is 1. The van der Waals surface area contributed by atoms with E-state index in [1.807, 2.05) is 18.2 Å². The van der Waals surface area contributed by atoms with Crippen LogP contribution in [0.3, 0.4) is 0 Å². The highest BCUT2D eigenvalue weighted by Crippen LogP contribution is 2.23. The maximum absolute atomic E-state index is 12.4. The maximum atomic E-state index is 12.4. The van der Waals surface area contributed by atoms with Crippen LogP contribution < -0.4 is 10.2 Å². The van der Waals surface area contributed by atoms with Crippen LogP contribution in [0.2, 0.25) is 0 Å². The van der Waals surface area contributed by atoms with Gasteiger partial charge in [-0.05, 0) is 36.2 Å². The van der Waals surface area contributed by atoms with E-state index in [4.69, 9.17) is 0 Å². The second-order valence-corrected chi connectivity index (χ2v) is 6.40. The van der Waals surface area contributed by atoms with Gasteiger partial charge in [-0.2, -0.15) is 0 Å². The molecule has 1 heterocycles. The fraction of sp³-hybridized carbons (Fsp3) is 0.286. The number of rotatable bonds is 6. The van der Waals surface area contributed by atoms with Crippen LogP contribution in [0.25, 0.3) is 0 Å². The van der Waals surface area contributed by atoms with Crippen molar-refractivity contribution in [1.29, 1.82) is 0 Å². The molecule has 1 atom stereocenters. The lowest BCUT2D eigenvalue weighted by Crippen LogP contribution is -2.29. The molecule has 0 saturated carbocycles. The molecule has 0 aromatic heterocycles. The van der Waals surface area contributed by atoms with Crippen molar-refractivity contribution in [2.75, 3.05) is 11.4 Å². The Morgan fingerprint density at radius 2 is 1.62 bits per heavy atom. The van der Waals surface area contributed by atoms with Crippen LogP contribution in [0.1, 0.15) is 48.0 Å². The van der Waals surface area contributed by atoms with E-state index < -0.39 is 0 Å². The van der Waals surface area contributed by atoms with Gasteiger partial charge in [0.15, 0.2) is 0 Å². The third-order valence-corrected chi connectivity index (χ3v) is 4.71. The van der Waals surface area contributed by atoms with Gasteiger partial charge < -0.3 is 5.32 Å². The first-order valence-electron chi connectivity index (χ1n) is 8.89. The Labute approximate surface area is 153 Å². The summed E-state index contributed by atoms with van der Waals surface area (Å²) in [6.07, 6.45) is 1.43. The Bertz CT molecular complexity index is 784. The largest absolute Gasteiger partial charge is 0.351 e. The van der Waals surface area contributed by atoms with Crippen LogP contribution in [-0.4, -0.2) is 24.3 Å². The van der Waals surface area contributed by atoms with Gasteiger partial charge in [0.1, 0.15) is 0 Å². The summed E-state index contributed by atoms with van der Waals surface area (Å²) in [5, 5.41) is 2.97. The van der Waals surface area contributed by atoms with E-state index >= 15 is 0 Å². The zero-order valence-electron chi connectivity index (χ0n) is 14.8. The fourth-order valence-electron chi connectivity index (χ4n) is 3.17. The van der Waals surface area contributed by atoms with Gasteiger partial charge in [0, 0.05) is 30.9 Å². The summed E-state index contributed by atoms with van der Waals surface area (Å²) < 4.78 is 0. The van der Waals surface area contributed by atoms with Crippen molar-refractivity contribution in [1.82, 2.24) is 5.32 Å². The van der Waals surface area contributed by atoms with Crippen molar-refractivity contribution in [3.05, 3.63) is 65.7 Å². The number of nitrogens with zero attached hydrogens (tertiary/aromatic N) is 1. The monoisotopic (exact) mass is 350 g/mol. The van der Waals surface area contributed by atoms with E-state index in [1.54, 1.807) is 24.3 Å². The predicted molar refractivity (Wildman–Crippen MR) is 100.0 cm³/mol. The number of hydrogen-bond acceptors (Lipinski definition) is 3. The number of anilines is 1. The Morgan fingerprint density at radius 1 is 1.00 bits per heavy atom. The average Bonchev–Trinajstić information content (AvgIpc) is 3.01. The summed E-state index contributed by atoms with van der Waals surface area (Å²) in [5.74, 6) is -0.286. The summed E-state index contributed by atoms with van der Waals surface area (Å²) in [4.78, 5) is 37.1. The molecule has 1 N–H and O–H groups in total. The highest BCUT2D eigenvalue weighted by atomic mass is 16.2. The van der Waals surface area contributed by atoms with E-state index in [-0.39, 0.29) is 36.5 Å². The molecule has 0 radical (unpaired) electrons. The predicted octanol–water partition coefficient (Wildman–Crippen LogP) is 3.26. The Morgan fingerprint density at radius 3 is 2.19 bits per heavy atom. The molecule has 1 aliphatic heterocycles. The van der Waals surface area contributed by atoms with Gasteiger partial charge in [-0.3, -0.25) is 19.3 Å². The standard InChI is InChI=1S/C21H22N2O3/c1-2-15(16-6-4-3-5-7-16)14-22-21(26)17-8-10-18(11-9-17)23-19(24)12-13-20(23)25/h3-11,15H,2,12-14H2,1H3,(H,22,26). The lowest BCUT2D eigenvalue weighted by Gasteiger charge is -2.17.